The first-order valence-corrected chi connectivity index (χ1v) is 13.4. The predicted octanol–water partition coefficient (Wildman–Crippen LogP) is 9.49. The predicted molar refractivity (Wildman–Crippen MR) is 124 cm³/mol. The van der Waals surface area contributed by atoms with Gasteiger partial charge in [-0.05, 0) is 51.4 Å². The molecule has 0 aromatic heterocycles. The molecule has 3 nitrogen and oxygen atoms in total. The lowest BCUT2D eigenvalue weighted by molar-refractivity contribution is 0.169. The van der Waals surface area contributed by atoms with Crippen molar-refractivity contribution in [1.82, 2.24) is 0 Å². The standard InChI is InChI=1S/C24H46FO3P/c1-3-5-7-9-11-13-15-17-19-21-23-27-29(25,26)28-24-22-20-18-16-14-12-10-8-6-4-2/h7-10H,3-6,11-24H2,1-2H3/b9-7-,10-8-. The van der Waals surface area contributed by atoms with Crippen molar-refractivity contribution >= 4 is 7.91 Å². The molecule has 0 unspecified atom stereocenters. The third-order valence-electron chi connectivity index (χ3n) is 4.77. The fourth-order valence-corrected chi connectivity index (χ4v) is 3.75. The van der Waals surface area contributed by atoms with Gasteiger partial charge in [0.15, 0.2) is 0 Å². The normalized spacial score (nSPS) is 12.5. The van der Waals surface area contributed by atoms with E-state index in [9.17, 15) is 8.76 Å². The summed E-state index contributed by atoms with van der Waals surface area (Å²) in [5, 5.41) is 0. The summed E-state index contributed by atoms with van der Waals surface area (Å²) < 4.78 is 35.0. The van der Waals surface area contributed by atoms with Gasteiger partial charge in [0, 0.05) is 0 Å². The smallest absolute Gasteiger partial charge is 0.284 e. The van der Waals surface area contributed by atoms with Crippen LogP contribution in [-0.2, 0) is 13.6 Å². The van der Waals surface area contributed by atoms with Crippen molar-refractivity contribution in [2.24, 2.45) is 0 Å². The average molecular weight is 433 g/mol. The Morgan fingerprint density at radius 2 is 0.931 bits per heavy atom. The van der Waals surface area contributed by atoms with E-state index in [1.807, 2.05) is 0 Å². The summed E-state index contributed by atoms with van der Waals surface area (Å²) in [6, 6.07) is 0. The van der Waals surface area contributed by atoms with E-state index in [0.29, 0.717) is 0 Å². The van der Waals surface area contributed by atoms with Crippen LogP contribution in [0.4, 0.5) is 4.20 Å². The van der Waals surface area contributed by atoms with Crippen molar-refractivity contribution in [2.45, 2.75) is 117 Å². The quantitative estimate of drug-likeness (QED) is 0.0970. The molecule has 0 saturated heterocycles. The molecule has 0 radical (unpaired) electrons. The van der Waals surface area contributed by atoms with Gasteiger partial charge in [-0.1, -0.05) is 89.5 Å². The van der Waals surface area contributed by atoms with Crippen LogP contribution in [0.5, 0.6) is 0 Å². The number of rotatable bonds is 22. The molecule has 172 valence electrons. The highest BCUT2D eigenvalue weighted by atomic mass is 31.2. The summed E-state index contributed by atoms with van der Waals surface area (Å²) in [5.41, 5.74) is 0. The molecular formula is C24H46FO3P. The van der Waals surface area contributed by atoms with Crippen LogP contribution in [0.2, 0.25) is 0 Å². The first kappa shape index (κ1) is 28.6. The molecule has 0 rings (SSSR count). The molecule has 0 aliphatic heterocycles. The van der Waals surface area contributed by atoms with Crippen LogP contribution in [0.15, 0.2) is 24.3 Å². The number of halogens is 1. The zero-order chi connectivity index (χ0) is 21.5. The summed E-state index contributed by atoms with van der Waals surface area (Å²) in [4.78, 5) is 0. The molecule has 0 amide bonds. The van der Waals surface area contributed by atoms with Gasteiger partial charge in [-0.15, -0.1) is 4.20 Å². The van der Waals surface area contributed by atoms with E-state index in [1.165, 1.54) is 51.4 Å². The van der Waals surface area contributed by atoms with Gasteiger partial charge in [0.05, 0.1) is 13.2 Å². The molecule has 0 aliphatic rings. The summed E-state index contributed by atoms with van der Waals surface area (Å²) in [6.07, 6.45) is 26.4. The van der Waals surface area contributed by atoms with Gasteiger partial charge in [0.25, 0.3) is 0 Å². The largest absolute Gasteiger partial charge is 0.513 e. The van der Waals surface area contributed by atoms with Crippen LogP contribution in [-0.4, -0.2) is 13.2 Å². The van der Waals surface area contributed by atoms with Crippen LogP contribution >= 0.6 is 7.91 Å². The lowest BCUT2D eigenvalue weighted by Crippen LogP contribution is -1.96. The lowest BCUT2D eigenvalue weighted by atomic mass is 10.1. The molecule has 0 aliphatic carbocycles. The minimum absolute atomic E-state index is 0.176. The molecule has 0 aromatic carbocycles. The van der Waals surface area contributed by atoms with Gasteiger partial charge in [-0.2, -0.15) is 0 Å². The Morgan fingerprint density at radius 3 is 1.34 bits per heavy atom. The Kier molecular flexibility index (Phi) is 21.9. The lowest BCUT2D eigenvalue weighted by Gasteiger charge is -2.10. The van der Waals surface area contributed by atoms with E-state index in [1.54, 1.807) is 0 Å². The Morgan fingerprint density at radius 1 is 0.586 bits per heavy atom. The summed E-state index contributed by atoms with van der Waals surface area (Å²) in [7, 11) is -4.37. The minimum Gasteiger partial charge on any atom is -0.284 e. The number of unbranched alkanes of at least 4 members (excludes halogenated alkanes) is 12. The maximum atomic E-state index is 13.7. The van der Waals surface area contributed by atoms with Crippen LogP contribution in [0, 0.1) is 0 Å². The minimum atomic E-state index is -4.37. The average Bonchev–Trinajstić information content (AvgIpc) is 2.70. The number of hydrogen-bond donors (Lipinski definition) is 0. The highest BCUT2D eigenvalue weighted by Crippen LogP contribution is 2.50. The zero-order valence-corrected chi connectivity index (χ0v) is 20.0. The highest BCUT2D eigenvalue weighted by molar-refractivity contribution is 7.48. The van der Waals surface area contributed by atoms with Crippen molar-refractivity contribution in [2.75, 3.05) is 13.2 Å². The Labute approximate surface area is 180 Å². The first-order chi connectivity index (χ1) is 14.1. The van der Waals surface area contributed by atoms with Crippen LogP contribution in [0.3, 0.4) is 0 Å². The van der Waals surface area contributed by atoms with Crippen molar-refractivity contribution in [3.63, 3.8) is 0 Å². The second-order valence-electron chi connectivity index (χ2n) is 7.73. The Hall–Kier alpha value is -0.440. The molecule has 0 atom stereocenters. The van der Waals surface area contributed by atoms with E-state index in [4.69, 9.17) is 9.05 Å². The highest BCUT2D eigenvalue weighted by Gasteiger charge is 2.23. The van der Waals surface area contributed by atoms with Crippen LogP contribution in [0.25, 0.3) is 0 Å². The topological polar surface area (TPSA) is 35.5 Å². The number of hydrogen-bond acceptors (Lipinski definition) is 3. The van der Waals surface area contributed by atoms with Crippen molar-refractivity contribution in [1.29, 1.82) is 0 Å². The maximum Gasteiger partial charge on any atom is 0.513 e. The van der Waals surface area contributed by atoms with Crippen LogP contribution < -0.4 is 0 Å². The molecule has 29 heavy (non-hydrogen) atoms. The third kappa shape index (κ3) is 23.7. The first-order valence-electron chi connectivity index (χ1n) is 12.0. The van der Waals surface area contributed by atoms with Crippen molar-refractivity contribution in [3.8, 4) is 0 Å². The van der Waals surface area contributed by atoms with Gasteiger partial charge >= 0.3 is 7.91 Å². The summed E-state index contributed by atoms with van der Waals surface area (Å²) >= 11 is 0. The molecule has 0 N–H and O–H groups in total. The van der Waals surface area contributed by atoms with E-state index in [0.717, 1.165) is 51.4 Å². The fourth-order valence-electron chi connectivity index (χ4n) is 2.98. The molecule has 0 spiro atoms. The van der Waals surface area contributed by atoms with E-state index < -0.39 is 7.91 Å². The van der Waals surface area contributed by atoms with E-state index in [2.05, 4.69) is 38.2 Å². The number of allylic oxidation sites excluding steroid dienone is 4. The molecule has 0 fully saturated rings. The molecule has 5 heteroatoms. The maximum absolute atomic E-state index is 13.7. The fraction of sp³-hybridized carbons (Fsp3) is 0.833. The second kappa shape index (κ2) is 22.2. The third-order valence-corrected chi connectivity index (χ3v) is 5.75. The molecular weight excluding hydrogens is 386 g/mol. The van der Waals surface area contributed by atoms with Gasteiger partial charge in [0.1, 0.15) is 0 Å². The monoisotopic (exact) mass is 432 g/mol. The SMILES string of the molecule is CCC/C=C\CCCCCCCOP(=O)(F)OCCCCCCC/C=C\CCC. The summed E-state index contributed by atoms with van der Waals surface area (Å²) in [6.45, 7) is 4.72. The molecule has 0 saturated carbocycles. The molecule has 0 bridgehead atoms. The zero-order valence-electron chi connectivity index (χ0n) is 19.1. The second-order valence-corrected chi connectivity index (χ2v) is 9.11. The van der Waals surface area contributed by atoms with Gasteiger partial charge in [-0.25, -0.2) is 4.57 Å². The van der Waals surface area contributed by atoms with Crippen molar-refractivity contribution in [3.05, 3.63) is 24.3 Å². The molecule has 0 aromatic rings. The van der Waals surface area contributed by atoms with Crippen molar-refractivity contribution < 1.29 is 17.8 Å². The van der Waals surface area contributed by atoms with Gasteiger partial charge in [0.2, 0.25) is 0 Å². The van der Waals surface area contributed by atoms with E-state index in [-0.39, 0.29) is 13.2 Å². The summed E-state index contributed by atoms with van der Waals surface area (Å²) in [5.74, 6) is 0. The molecule has 0 heterocycles. The Bertz CT molecular complexity index is 402. The van der Waals surface area contributed by atoms with Gasteiger partial charge in [-0.3, -0.25) is 9.05 Å². The van der Waals surface area contributed by atoms with Crippen LogP contribution in [0.1, 0.15) is 117 Å². The van der Waals surface area contributed by atoms with Gasteiger partial charge < -0.3 is 0 Å². The Balaban J connectivity index is 3.39. The van der Waals surface area contributed by atoms with E-state index >= 15 is 0 Å².